The Labute approximate surface area is 185 Å². The highest BCUT2D eigenvalue weighted by Crippen LogP contribution is 2.37. The Morgan fingerprint density at radius 3 is 2.55 bits per heavy atom. The van der Waals surface area contributed by atoms with Gasteiger partial charge in [0.15, 0.2) is 0 Å². The van der Waals surface area contributed by atoms with Crippen LogP contribution in [0.3, 0.4) is 0 Å². The lowest BCUT2D eigenvalue weighted by atomic mass is 9.87. The van der Waals surface area contributed by atoms with Gasteiger partial charge in [-0.1, -0.05) is 6.08 Å². The van der Waals surface area contributed by atoms with E-state index >= 15 is 0 Å². The van der Waals surface area contributed by atoms with Gasteiger partial charge in [-0.25, -0.2) is 4.79 Å². The van der Waals surface area contributed by atoms with Gasteiger partial charge in [-0.2, -0.15) is 0 Å². The Morgan fingerprint density at radius 2 is 1.97 bits per heavy atom. The molecule has 2 aromatic rings. The minimum Gasteiger partial charge on any atom is -0.465 e. The molecule has 7 nitrogen and oxygen atoms in total. The van der Waals surface area contributed by atoms with Gasteiger partial charge in [0.25, 0.3) is 11.5 Å². The number of rotatable bonds is 5. The van der Waals surface area contributed by atoms with Crippen molar-refractivity contribution in [2.24, 2.45) is 5.92 Å². The molecule has 2 aromatic heterocycles. The van der Waals surface area contributed by atoms with Crippen LogP contribution in [0.15, 0.2) is 22.3 Å². The van der Waals surface area contributed by atoms with Crippen molar-refractivity contribution < 1.29 is 14.7 Å². The molecule has 0 aliphatic carbocycles. The molecule has 31 heavy (non-hydrogen) atoms. The number of nitrogens with one attached hydrogen (secondary N) is 2. The molecule has 3 heterocycles. The fourth-order valence-corrected chi connectivity index (χ4v) is 5.45. The fourth-order valence-electron chi connectivity index (χ4n) is 4.22. The molecule has 0 radical (unpaired) electrons. The van der Waals surface area contributed by atoms with Crippen molar-refractivity contribution in [3.63, 3.8) is 0 Å². The summed E-state index contributed by atoms with van der Waals surface area (Å²) >= 11 is 1.54. The maximum absolute atomic E-state index is 12.8. The molecule has 1 aliphatic rings. The highest BCUT2D eigenvalue weighted by molar-refractivity contribution is 7.11. The van der Waals surface area contributed by atoms with Crippen molar-refractivity contribution >= 4 is 28.9 Å². The van der Waals surface area contributed by atoms with Crippen LogP contribution in [0.25, 0.3) is 5.57 Å². The Hall–Kier alpha value is -2.87. The number of thiophene rings is 1. The number of nitrogens with zero attached hydrogens (tertiary/aromatic N) is 1. The molecule has 166 valence electrons. The van der Waals surface area contributed by atoms with Crippen molar-refractivity contribution in [1.82, 2.24) is 15.2 Å². The van der Waals surface area contributed by atoms with E-state index in [1.807, 2.05) is 39.1 Å². The molecule has 1 saturated heterocycles. The normalized spacial score (nSPS) is 15.2. The number of aryl methyl sites for hydroxylation is 2. The molecule has 1 aliphatic heterocycles. The summed E-state index contributed by atoms with van der Waals surface area (Å²) in [5, 5.41) is 13.9. The number of hydrogen-bond donors (Lipinski definition) is 3. The van der Waals surface area contributed by atoms with Crippen LogP contribution in [0.1, 0.15) is 57.4 Å². The second-order valence-electron chi connectivity index (χ2n) is 8.02. The van der Waals surface area contributed by atoms with Crippen LogP contribution in [0.4, 0.5) is 4.79 Å². The lowest BCUT2D eigenvalue weighted by Crippen LogP contribution is -2.37. The van der Waals surface area contributed by atoms with Gasteiger partial charge < -0.3 is 20.3 Å². The summed E-state index contributed by atoms with van der Waals surface area (Å²) in [6.45, 7) is 8.86. The summed E-state index contributed by atoms with van der Waals surface area (Å²) in [4.78, 5) is 41.5. The largest absolute Gasteiger partial charge is 0.465 e. The average molecular weight is 444 g/mol. The molecule has 3 rings (SSSR count). The van der Waals surface area contributed by atoms with Crippen LogP contribution in [0.2, 0.25) is 0 Å². The summed E-state index contributed by atoms with van der Waals surface area (Å²) in [6.07, 6.45) is 2.77. The predicted molar refractivity (Wildman–Crippen MR) is 123 cm³/mol. The predicted octanol–water partition coefficient (Wildman–Crippen LogP) is 4.08. The lowest BCUT2D eigenvalue weighted by Gasteiger charge is -2.31. The van der Waals surface area contributed by atoms with Crippen LogP contribution in [-0.2, 0) is 6.54 Å². The number of aromatic nitrogens is 1. The first-order valence-corrected chi connectivity index (χ1v) is 11.3. The standard InChI is InChI=1S/C23H29N3O4S/c1-5-17(16-6-8-26(9-7-16)23(29)30)20-15(4)19(12-31-20)21(27)24-11-18-13(2)10-14(3)25-22(18)28/h5,10,12,16H,6-9,11H2,1-4H3,(H,24,27)(H,25,28)(H,29,30)/b17-5+. The van der Waals surface area contributed by atoms with Gasteiger partial charge in [0, 0.05) is 41.1 Å². The molecule has 2 amide bonds. The van der Waals surface area contributed by atoms with E-state index < -0.39 is 6.09 Å². The van der Waals surface area contributed by atoms with E-state index in [1.165, 1.54) is 10.5 Å². The number of hydrogen-bond acceptors (Lipinski definition) is 4. The van der Waals surface area contributed by atoms with Crippen molar-refractivity contribution in [2.75, 3.05) is 13.1 Å². The third-order valence-electron chi connectivity index (χ3n) is 5.98. The minimum absolute atomic E-state index is 0.176. The molecule has 0 saturated carbocycles. The van der Waals surface area contributed by atoms with E-state index in [1.54, 1.807) is 11.3 Å². The molecule has 0 bridgehead atoms. The molecule has 8 heteroatoms. The zero-order valence-electron chi connectivity index (χ0n) is 18.4. The maximum atomic E-state index is 12.8. The van der Waals surface area contributed by atoms with Crippen molar-refractivity contribution in [3.05, 3.63) is 60.7 Å². The number of amides is 2. The molecule has 0 unspecified atom stereocenters. The first-order valence-electron chi connectivity index (χ1n) is 10.4. The average Bonchev–Trinajstić information content (AvgIpc) is 3.09. The van der Waals surface area contributed by atoms with E-state index in [9.17, 15) is 19.5 Å². The quantitative estimate of drug-likeness (QED) is 0.648. The van der Waals surface area contributed by atoms with Gasteiger partial charge in [0.05, 0.1) is 5.56 Å². The fraction of sp³-hybridized carbons (Fsp3) is 0.435. The lowest BCUT2D eigenvalue weighted by molar-refractivity contribution is 0.0950. The third kappa shape index (κ3) is 4.90. The van der Waals surface area contributed by atoms with Gasteiger partial charge in [-0.3, -0.25) is 9.59 Å². The number of carboxylic acid groups (broad SMARTS) is 1. The van der Waals surface area contributed by atoms with E-state index in [0.29, 0.717) is 24.2 Å². The van der Waals surface area contributed by atoms with Gasteiger partial charge in [-0.05, 0) is 69.2 Å². The highest BCUT2D eigenvalue weighted by atomic mass is 32.1. The van der Waals surface area contributed by atoms with E-state index in [0.717, 1.165) is 34.5 Å². The SMILES string of the molecule is C/C=C(/c1scc(C(=O)NCc2c(C)cc(C)[nH]c2=O)c1C)C1CCN(C(=O)O)CC1. The van der Waals surface area contributed by atoms with Crippen molar-refractivity contribution in [1.29, 1.82) is 0 Å². The van der Waals surface area contributed by atoms with E-state index in [-0.39, 0.29) is 23.9 Å². The first-order chi connectivity index (χ1) is 14.7. The number of likely N-dealkylation sites (tertiary alicyclic amines) is 1. The Balaban J connectivity index is 1.72. The molecule has 0 spiro atoms. The Bertz CT molecular complexity index is 1070. The van der Waals surface area contributed by atoms with Gasteiger partial charge in [-0.15, -0.1) is 11.3 Å². The number of H-pyrrole nitrogens is 1. The topological polar surface area (TPSA) is 103 Å². The summed E-state index contributed by atoms with van der Waals surface area (Å²) in [6, 6.07) is 1.89. The number of aromatic amines is 1. The maximum Gasteiger partial charge on any atom is 0.407 e. The Morgan fingerprint density at radius 1 is 1.29 bits per heavy atom. The molecule has 0 atom stereocenters. The third-order valence-corrected chi connectivity index (χ3v) is 7.11. The molecular formula is C23H29N3O4S. The van der Waals surface area contributed by atoms with E-state index in [2.05, 4.69) is 16.4 Å². The van der Waals surface area contributed by atoms with Gasteiger partial charge >= 0.3 is 6.09 Å². The van der Waals surface area contributed by atoms with E-state index in [4.69, 9.17) is 0 Å². The number of carbonyl (C=O) groups excluding carboxylic acids is 1. The number of piperidine rings is 1. The second kappa shape index (κ2) is 9.51. The molecular weight excluding hydrogens is 414 g/mol. The highest BCUT2D eigenvalue weighted by Gasteiger charge is 2.27. The van der Waals surface area contributed by atoms with Gasteiger partial charge in [0.1, 0.15) is 0 Å². The first kappa shape index (κ1) is 22.8. The summed E-state index contributed by atoms with van der Waals surface area (Å²) in [7, 11) is 0. The minimum atomic E-state index is -0.866. The zero-order chi connectivity index (χ0) is 22.7. The van der Waals surface area contributed by atoms with Crippen LogP contribution in [0, 0.1) is 26.7 Å². The summed E-state index contributed by atoms with van der Waals surface area (Å²) in [5.41, 5.74) is 4.75. The van der Waals surface area contributed by atoms with Crippen molar-refractivity contribution in [3.8, 4) is 0 Å². The number of pyridine rings is 1. The molecule has 0 aromatic carbocycles. The number of allylic oxidation sites excluding steroid dienone is 2. The van der Waals surface area contributed by atoms with Crippen LogP contribution < -0.4 is 10.9 Å². The molecule has 1 fully saturated rings. The summed E-state index contributed by atoms with van der Waals surface area (Å²) in [5.74, 6) is 0.0816. The molecule has 3 N–H and O–H groups in total. The van der Waals surface area contributed by atoms with Crippen LogP contribution in [0.5, 0.6) is 0 Å². The van der Waals surface area contributed by atoms with Gasteiger partial charge in [0.2, 0.25) is 0 Å². The monoisotopic (exact) mass is 443 g/mol. The zero-order valence-corrected chi connectivity index (χ0v) is 19.2. The number of carbonyl (C=O) groups is 2. The summed E-state index contributed by atoms with van der Waals surface area (Å²) < 4.78 is 0. The smallest absolute Gasteiger partial charge is 0.407 e. The van der Waals surface area contributed by atoms with Crippen LogP contribution >= 0.6 is 11.3 Å². The van der Waals surface area contributed by atoms with Crippen molar-refractivity contribution in [2.45, 2.75) is 47.1 Å². The Kier molecular flexibility index (Phi) is 7.00. The van der Waals surface area contributed by atoms with Crippen LogP contribution in [-0.4, -0.2) is 40.1 Å². The second-order valence-corrected chi connectivity index (χ2v) is 8.90.